The molecule has 138 valence electrons. The Balaban J connectivity index is 2.35. The van der Waals surface area contributed by atoms with Gasteiger partial charge in [-0.05, 0) is 39.0 Å². The van der Waals surface area contributed by atoms with Gasteiger partial charge in [-0.3, -0.25) is 9.69 Å². The second kappa shape index (κ2) is 7.29. The summed E-state index contributed by atoms with van der Waals surface area (Å²) in [6, 6.07) is 3.62. The number of halogens is 1. The minimum Gasteiger partial charge on any atom is -0.496 e. The number of hydrogen-bond donors (Lipinski definition) is 0. The third-order valence-corrected chi connectivity index (χ3v) is 3.77. The summed E-state index contributed by atoms with van der Waals surface area (Å²) in [5.41, 5.74) is -0.157. The lowest BCUT2D eigenvalue weighted by atomic mass is 10.0. The van der Waals surface area contributed by atoms with Crippen molar-refractivity contribution in [3.8, 4) is 5.75 Å². The molecule has 6 nitrogen and oxygen atoms in total. The van der Waals surface area contributed by atoms with Gasteiger partial charge in [-0.2, -0.15) is 0 Å². The van der Waals surface area contributed by atoms with E-state index in [2.05, 4.69) is 0 Å². The maximum Gasteiger partial charge on any atom is 0.410 e. The monoisotopic (exact) mass is 353 g/mol. The molecule has 0 spiro atoms. The SMILES string of the molecule is COc1ccc(F)cc1[C@H]1CC(OC(C)=O)CN1C(=O)OC(C)(C)C. The Morgan fingerprint density at radius 2 is 1.96 bits per heavy atom. The molecule has 1 amide bonds. The van der Waals surface area contributed by atoms with Gasteiger partial charge in [0.05, 0.1) is 19.7 Å². The van der Waals surface area contributed by atoms with Crippen LogP contribution < -0.4 is 4.74 Å². The Bertz CT molecular complexity index is 655. The van der Waals surface area contributed by atoms with Crippen molar-refractivity contribution in [2.75, 3.05) is 13.7 Å². The van der Waals surface area contributed by atoms with Crippen LogP contribution in [0.3, 0.4) is 0 Å². The van der Waals surface area contributed by atoms with E-state index < -0.39 is 35.6 Å². The van der Waals surface area contributed by atoms with Crippen molar-refractivity contribution in [3.05, 3.63) is 29.6 Å². The lowest BCUT2D eigenvalue weighted by Crippen LogP contribution is -2.37. The molecule has 0 bridgehead atoms. The van der Waals surface area contributed by atoms with E-state index in [1.165, 1.54) is 37.1 Å². The average Bonchev–Trinajstić information content (AvgIpc) is 2.88. The molecule has 0 aromatic heterocycles. The molecule has 0 radical (unpaired) electrons. The van der Waals surface area contributed by atoms with E-state index >= 15 is 0 Å². The zero-order valence-electron chi connectivity index (χ0n) is 15.2. The number of hydrogen-bond acceptors (Lipinski definition) is 5. The number of benzene rings is 1. The fourth-order valence-corrected chi connectivity index (χ4v) is 2.90. The van der Waals surface area contributed by atoms with Crippen LogP contribution in [0.15, 0.2) is 18.2 Å². The lowest BCUT2D eigenvalue weighted by molar-refractivity contribution is -0.145. The molecule has 1 saturated heterocycles. The number of ether oxygens (including phenoxy) is 3. The van der Waals surface area contributed by atoms with Crippen molar-refractivity contribution >= 4 is 12.1 Å². The number of nitrogens with zero attached hydrogens (tertiary/aromatic N) is 1. The van der Waals surface area contributed by atoms with Crippen LogP contribution in [-0.2, 0) is 14.3 Å². The zero-order valence-corrected chi connectivity index (χ0v) is 15.2. The molecule has 7 heteroatoms. The quantitative estimate of drug-likeness (QED) is 0.779. The number of carbonyl (C=O) groups excluding carboxylic acids is 2. The molecule has 0 saturated carbocycles. The van der Waals surface area contributed by atoms with E-state index in [-0.39, 0.29) is 6.54 Å². The molecular formula is C18H24FNO5. The molecule has 1 fully saturated rings. The smallest absolute Gasteiger partial charge is 0.410 e. The van der Waals surface area contributed by atoms with Gasteiger partial charge in [0.1, 0.15) is 23.3 Å². The predicted octanol–water partition coefficient (Wildman–Crippen LogP) is 3.45. The molecular weight excluding hydrogens is 329 g/mol. The van der Waals surface area contributed by atoms with Crippen LogP contribution in [0.25, 0.3) is 0 Å². The fraction of sp³-hybridized carbons (Fsp3) is 0.556. The highest BCUT2D eigenvalue weighted by Crippen LogP contribution is 2.39. The van der Waals surface area contributed by atoms with Crippen molar-refractivity contribution in [3.63, 3.8) is 0 Å². The van der Waals surface area contributed by atoms with Gasteiger partial charge in [-0.25, -0.2) is 9.18 Å². The Morgan fingerprint density at radius 1 is 1.28 bits per heavy atom. The summed E-state index contributed by atoms with van der Waals surface area (Å²) in [4.78, 5) is 25.3. The Kier molecular flexibility index (Phi) is 5.55. The number of amides is 1. The van der Waals surface area contributed by atoms with Crippen LogP contribution in [0.5, 0.6) is 5.75 Å². The van der Waals surface area contributed by atoms with Gasteiger partial charge in [0.25, 0.3) is 0 Å². The van der Waals surface area contributed by atoms with Crippen LogP contribution in [0.1, 0.15) is 45.7 Å². The van der Waals surface area contributed by atoms with Gasteiger partial charge in [0.15, 0.2) is 0 Å². The standard InChI is InChI=1S/C18H24FNO5/c1-11(21)24-13-9-15(14-8-12(19)6-7-16(14)23-5)20(10-13)17(22)25-18(2,3)4/h6-8,13,15H,9-10H2,1-5H3/t13?,15-/m1/s1. The average molecular weight is 353 g/mol. The van der Waals surface area contributed by atoms with E-state index in [9.17, 15) is 14.0 Å². The first-order chi connectivity index (χ1) is 11.6. The summed E-state index contributed by atoms with van der Waals surface area (Å²) >= 11 is 0. The maximum absolute atomic E-state index is 13.8. The zero-order chi connectivity index (χ0) is 18.8. The fourth-order valence-electron chi connectivity index (χ4n) is 2.90. The van der Waals surface area contributed by atoms with Gasteiger partial charge in [0.2, 0.25) is 0 Å². The minimum atomic E-state index is -0.673. The number of likely N-dealkylation sites (tertiary alicyclic amines) is 1. The van der Waals surface area contributed by atoms with Crippen molar-refractivity contribution in [1.29, 1.82) is 0 Å². The molecule has 1 aromatic rings. The third-order valence-electron chi connectivity index (χ3n) is 3.77. The first kappa shape index (κ1) is 19.0. The third kappa shape index (κ3) is 4.84. The predicted molar refractivity (Wildman–Crippen MR) is 88.8 cm³/mol. The summed E-state index contributed by atoms with van der Waals surface area (Å²) in [7, 11) is 1.48. The molecule has 25 heavy (non-hydrogen) atoms. The van der Waals surface area contributed by atoms with E-state index in [4.69, 9.17) is 14.2 Å². The van der Waals surface area contributed by atoms with E-state index in [1.807, 2.05) is 0 Å². The molecule has 2 atom stereocenters. The van der Waals surface area contributed by atoms with Crippen molar-refractivity contribution < 1.29 is 28.2 Å². The van der Waals surface area contributed by atoms with Gasteiger partial charge in [-0.15, -0.1) is 0 Å². The number of methoxy groups -OCH3 is 1. The molecule has 0 N–H and O–H groups in total. The van der Waals surface area contributed by atoms with Gasteiger partial charge < -0.3 is 14.2 Å². The van der Waals surface area contributed by atoms with Crippen LogP contribution in [0.2, 0.25) is 0 Å². The second-order valence-electron chi connectivity index (χ2n) is 7.00. The van der Waals surface area contributed by atoms with Crippen LogP contribution in [0.4, 0.5) is 9.18 Å². The number of rotatable bonds is 3. The van der Waals surface area contributed by atoms with Crippen LogP contribution >= 0.6 is 0 Å². The normalized spacial score (nSPS) is 20.3. The molecule has 1 aromatic carbocycles. The van der Waals surface area contributed by atoms with Crippen LogP contribution in [-0.4, -0.2) is 42.3 Å². The Hall–Kier alpha value is -2.31. The topological polar surface area (TPSA) is 65.1 Å². The van der Waals surface area contributed by atoms with E-state index in [1.54, 1.807) is 20.8 Å². The first-order valence-corrected chi connectivity index (χ1v) is 8.11. The summed E-state index contributed by atoms with van der Waals surface area (Å²) < 4.78 is 29.8. The minimum absolute atomic E-state index is 0.179. The van der Waals surface area contributed by atoms with Crippen molar-refractivity contribution in [1.82, 2.24) is 4.90 Å². The highest BCUT2D eigenvalue weighted by molar-refractivity contribution is 5.70. The lowest BCUT2D eigenvalue weighted by Gasteiger charge is -2.29. The Labute approximate surface area is 146 Å². The molecule has 1 aliphatic rings. The molecule has 1 aliphatic heterocycles. The summed E-state index contributed by atoms with van der Waals surface area (Å²) in [6.07, 6.45) is -0.681. The summed E-state index contributed by atoms with van der Waals surface area (Å²) in [5.74, 6) is -0.402. The summed E-state index contributed by atoms with van der Waals surface area (Å²) in [6.45, 7) is 6.79. The molecule has 2 rings (SSSR count). The largest absolute Gasteiger partial charge is 0.496 e. The molecule has 0 aliphatic carbocycles. The highest BCUT2D eigenvalue weighted by atomic mass is 19.1. The summed E-state index contributed by atoms with van der Waals surface area (Å²) in [5, 5.41) is 0. The maximum atomic E-state index is 13.8. The number of esters is 1. The van der Waals surface area contributed by atoms with Gasteiger partial charge >= 0.3 is 12.1 Å². The van der Waals surface area contributed by atoms with E-state index in [0.29, 0.717) is 17.7 Å². The molecule has 1 heterocycles. The van der Waals surface area contributed by atoms with Crippen molar-refractivity contribution in [2.24, 2.45) is 0 Å². The first-order valence-electron chi connectivity index (χ1n) is 8.11. The second-order valence-corrected chi connectivity index (χ2v) is 7.00. The van der Waals surface area contributed by atoms with Crippen LogP contribution in [0, 0.1) is 5.82 Å². The molecule has 1 unspecified atom stereocenters. The highest BCUT2D eigenvalue weighted by Gasteiger charge is 2.41. The van der Waals surface area contributed by atoms with E-state index in [0.717, 1.165) is 0 Å². The van der Waals surface area contributed by atoms with Gasteiger partial charge in [-0.1, -0.05) is 0 Å². The van der Waals surface area contributed by atoms with Gasteiger partial charge in [0, 0.05) is 18.9 Å². The van der Waals surface area contributed by atoms with Crippen molar-refractivity contribution in [2.45, 2.75) is 51.9 Å². The Morgan fingerprint density at radius 3 is 2.52 bits per heavy atom. The number of carbonyl (C=O) groups is 2.